The predicted molar refractivity (Wildman–Crippen MR) is 106 cm³/mol. The topological polar surface area (TPSA) is 49.3 Å². The minimum Gasteiger partial charge on any atom is -0.454 e. The van der Waals surface area contributed by atoms with E-state index in [9.17, 15) is 0 Å². The van der Waals surface area contributed by atoms with Gasteiger partial charge in [-0.1, -0.05) is 36.4 Å². The molecule has 0 atom stereocenters. The van der Waals surface area contributed by atoms with Gasteiger partial charge in [-0.05, 0) is 23.3 Å². The Labute approximate surface area is 160 Å². The van der Waals surface area contributed by atoms with Gasteiger partial charge in [0.1, 0.15) is 0 Å². The van der Waals surface area contributed by atoms with Crippen molar-refractivity contribution in [1.82, 2.24) is 15.1 Å². The van der Waals surface area contributed by atoms with Gasteiger partial charge in [0.25, 0.3) is 0 Å². The van der Waals surface area contributed by atoms with Crippen LogP contribution in [-0.4, -0.2) is 55.8 Å². The first kappa shape index (κ1) is 17.7. The summed E-state index contributed by atoms with van der Waals surface area (Å²) < 4.78 is 10.9. The molecule has 0 aliphatic carbocycles. The molecular formula is C21H26N4O2. The summed E-state index contributed by atoms with van der Waals surface area (Å²) >= 11 is 0. The number of fused-ring (bicyclic) bond motifs is 1. The van der Waals surface area contributed by atoms with E-state index in [1.165, 1.54) is 11.1 Å². The minimum absolute atomic E-state index is 0.326. The molecule has 0 aromatic heterocycles. The van der Waals surface area contributed by atoms with Crippen LogP contribution in [0.1, 0.15) is 11.1 Å². The van der Waals surface area contributed by atoms with Gasteiger partial charge in [-0.15, -0.1) is 0 Å². The highest BCUT2D eigenvalue weighted by atomic mass is 16.7. The van der Waals surface area contributed by atoms with Gasteiger partial charge < -0.3 is 19.7 Å². The molecule has 0 amide bonds. The molecule has 0 spiro atoms. The Morgan fingerprint density at radius 1 is 0.963 bits per heavy atom. The molecule has 1 fully saturated rings. The summed E-state index contributed by atoms with van der Waals surface area (Å²) in [5.74, 6) is 2.68. The van der Waals surface area contributed by atoms with E-state index in [-0.39, 0.29) is 0 Å². The number of ether oxygens (including phenoxy) is 2. The maximum absolute atomic E-state index is 5.48. The molecule has 6 nitrogen and oxygen atoms in total. The van der Waals surface area contributed by atoms with E-state index in [0.717, 1.165) is 56.7 Å². The molecule has 0 radical (unpaired) electrons. The fraction of sp³-hybridized carbons (Fsp3) is 0.381. The molecule has 27 heavy (non-hydrogen) atoms. The maximum Gasteiger partial charge on any atom is 0.231 e. The molecular weight excluding hydrogens is 340 g/mol. The van der Waals surface area contributed by atoms with Crippen LogP contribution in [0.5, 0.6) is 11.5 Å². The Balaban J connectivity index is 1.27. The summed E-state index contributed by atoms with van der Waals surface area (Å²) in [7, 11) is 1.85. The quantitative estimate of drug-likeness (QED) is 0.665. The molecule has 2 aromatic carbocycles. The molecule has 4 rings (SSSR count). The van der Waals surface area contributed by atoms with Gasteiger partial charge >= 0.3 is 0 Å². The van der Waals surface area contributed by atoms with Gasteiger partial charge in [0.15, 0.2) is 17.5 Å². The fourth-order valence-electron chi connectivity index (χ4n) is 3.52. The number of hydrogen-bond donors (Lipinski definition) is 1. The van der Waals surface area contributed by atoms with Gasteiger partial charge in [-0.3, -0.25) is 9.89 Å². The fourth-order valence-corrected chi connectivity index (χ4v) is 3.52. The van der Waals surface area contributed by atoms with Crippen LogP contribution < -0.4 is 14.8 Å². The SMILES string of the molecule is CN=C(NCc1ccccc1)N1CCN(Cc2ccc3c(c2)OCO3)CC1. The smallest absolute Gasteiger partial charge is 0.231 e. The summed E-state index contributed by atoms with van der Waals surface area (Å²) in [6, 6.07) is 16.6. The summed E-state index contributed by atoms with van der Waals surface area (Å²) in [4.78, 5) is 9.26. The second-order valence-electron chi connectivity index (χ2n) is 6.84. The first-order valence-electron chi connectivity index (χ1n) is 9.42. The number of piperazine rings is 1. The molecule has 6 heteroatoms. The van der Waals surface area contributed by atoms with Crippen LogP contribution in [-0.2, 0) is 13.1 Å². The van der Waals surface area contributed by atoms with Crippen LogP contribution in [0.25, 0.3) is 0 Å². The monoisotopic (exact) mass is 366 g/mol. The summed E-state index contributed by atoms with van der Waals surface area (Å²) in [5, 5.41) is 3.48. The van der Waals surface area contributed by atoms with Crippen molar-refractivity contribution in [3.8, 4) is 11.5 Å². The number of rotatable bonds is 4. The van der Waals surface area contributed by atoms with Gasteiger partial charge in [-0.25, -0.2) is 0 Å². The molecule has 1 N–H and O–H groups in total. The van der Waals surface area contributed by atoms with Crippen molar-refractivity contribution in [2.24, 2.45) is 4.99 Å². The molecule has 2 aliphatic heterocycles. The van der Waals surface area contributed by atoms with Crippen LogP contribution in [0.3, 0.4) is 0 Å². The summed E-state index contributed by atoms with van der Waals surface area (Å²) in [6.45, 7) is 6.02. The van der Waals surface area contributed by atoms with Crippen molar-refractivity contribution < 1.29 is 9.47 Å². The van der Waals surface area contributed by atoms with Gasteiger partial charge in [0, 0.05) is 46.3 Å². The third-order valence-corrected chi connectivity index (χ3v) is 5.02. The molecule has 2 heterocycles. The average Bonchev–Trinajstić information content (AvgIpc) is 3.18. The average molecular weight is 366 g/mol. The normalized spacial score (nSPS) is 17.2. The van der Waals surface area contributed by atoms with E-state index in [4.69, 9.17) is 9.47 Å². The van der Waals surface area contributed by atoms with E-state index < -0.39 is 0 Å². The van der Waals surface area contributed by atoms with Crippen molar-refractivity contribution in [2.45, 2.75) is 13.1 Å². The van der Waals surface area contributed by atoms with Crippen LogP contribution in [0.4, 0.5) is 0 Å². The largest absolute Gasteiger partial charge is 0.454 e. The van der Waals surface area contributed by atoms with Crippen molar-refractivity contribution in [2.75, 3.05) is 40.0 Å². The molecule has 1 saturated heterocycles. The van der Waals surface area contributed by atoms with Crippen molar-refractivity contribution in [3.63, 3.8) is 0 Å². The van der Waals surface area contributed by atoms with Crippen molar-refractivity contribution in [3.05, 3.63) is 59.7 Å². The number of guanidine groups is 1. The van der Waals surface area contributed by atoms with E-state index in [1.54, 1.807) is 0 Å². The third-order valence-electron chi connectivity index (χ3n) is 5.02. The van der Waals surface area contributed by atoms with E-state index in [1.807, 2.05) is 19.2 Å². The van der Waals surface area contributed by atoms with Crippen LogP contribution in [0.15, 0.2) is 53.5 Å². The lowest BCUT2D eigenvalue weighted by atomic mass is 10.1. The zero-order chi connectivity index (χ0) is 18.5. The van der Waals surface area contributed by atoms with Gasteiger partial charge in [-0.2, -0.15) is 0 Å². The zero-order valence-corrected chi connectivity index (χ0v) is 15.7. The van der Waals surface area contributed by atoms with Crippen molar-refractivity contribution >= 4 is 5.96 Å². The molecule has 2 aliphatic rings. The molecule has 2 aromatic rings. The summed E-state index contributed by atoms with van der Waals surface area (Å²) in [6.07, 6.45) is 0. The van der Waals surface area contributed by atoms with E-state index in [2.05, 4.69) is 56.5 Å². The van der Waals surface area contributed by atoms with Gasteiger partial charge in [0.2, 0.25) is 6.79 Å². The van der Waals surface area contributed by atoms with E-state index in [0.29, 0.717) is 6.79 Å². The second kappa shape index (κ2) is 8.31. The second-order valence-corrected chi connectivity index (χ2v) is 6.84. The van der Waals surface area contributed by atoms with Crippen LogP contribution in [0, 0.1) is 0 Å². The molecule has 0 unspecified atom stereocenters. The Kier molecular flexibility index (Phi) is 5.44. The highest BCUT2D eigenvalue weighted by Crippen LogP contribution is 2.32. The van der Waals surface area contributed by atoms with Gasteiger partial charge in [0.05, 0.1) is 0 Å². The molecule has 142 valence electrons. The number of nitrogens with zero attached hydrogens (tertiary/aromatic N) is 3. The lowest BCUT2D eigenvalue weighted by Gasteiger charge is -2.36. The first-order valence-corrected chi connectivity index (χ1v) is 9.42. The Bertz CT molecular complexity index is 786. The van der Waals surface area contributed by atoms with Crippen molar-refractivity contribution in [1.29, 1.82) is 0 Å². The number of hydrogen-bond acceptors (Lipinski definition) is 4. The Hall–Kier alpha value is -2.73. The standard InChI is InChI=1S/C21H26N4O2/c1-22-21(23-14-17-5-3-2-4-6-17)25-11-9-24(10-12-25)15-18-7-8-19-20(13-18)27-16-26-19/h2-8,13H,9-12,14-16H2,1H3,(H,22,23). The van der Waals surface area contributed by atoms with Crippen LogP contribution in [0.2, 0.25) is 0 Å². The highest BCUT2D eigenvalue weighted by molar-refractivity contribution is 5.80. The summed E-state index contributed by atoms with van der Waals surface area (Å²) in [5.41, 5.74) is 2.53. The zero-order valence-electron chi connectivity index (χ0n) is 15.7. The number of benzene rings is 2. The Morgan fingerprint density at radius 3 is 2.52 bits per heavy atom. The van der Waals surface area contributed by atoms with E-state index >= 15 is 0 Å². The molecule has 0 bridgehead atoms. The molecule has 0 saturated carbocycles. The lowest BCUT2D eigenvalue weighted by molar-refractivity contribution is 0.171. The maximum atomic E-state index is 5.48. The predicted octanol–water partition coefficient (Wildman–Crippen LogP) is 2.31. The first-order chi connectivity index (χ1) is 13.3. The third kappa shape index (κ3) is 4.34. The lowest BCUT2D eigenvalue weighted by Crippen LogP contribution is -2.52. The number of nitrogens with one attached hydrogen (secondary N) is 1. The highest BCUT2D eigenvalue weighted by Gasteiger charge is 2.20. The van der Waals surface area contributed by atoms with Crippen LogP contribution >= 0.6 is 0 Å². The minimum atomic E-state index is 0.326. The Morgan fingerprint density at radius 2 is 1.74 bits per heavy atom. The number of aliphatic imine (C=N–C) groups is 1.